The summed E-state index contributed by atoms with van der Waals surface area (Å²) in [5.41, 5.74) is 1.68. The van der Waals surface area contributed by atoms with Gasteiger partial charge in [0.05, 0.1) is 23.0 Å². The Hall–Kier alpha value is -2.46. The zero-order chi connectivity index (χ0) is 25.7. The topological polar surface area (TPSA) is 65.1 Å². The number of hydrogen-bond donors (Lipinski definition) is 0. The van der Waals surface area contributed by atoms with Crippen LogP contribution >= 0.6 is 55.2 Å². The molecule has 0 atom stereocenters. The summed E-state index contributed by atoms with van der Waals surface area (Å²) in [5.74, 6) is 1.24. The maximum atomic E-state index is 12.9. The van der Waals surface area contributed by atoms with Crippen molar-refractivity contribution in [1.82, 2.24) is 4.90 Å². The third-order valence-electron chi connectivity index (χ3n) is 5.16. The number of methoxy groups -OCH3 is 1. The first-order chi connectivity index (χ1) is 17.4. The Bertz CT molecular complexity index is 1300. The Morgan fingerprint density at radius 3 is 2.42 bits per heavy atom. The molecule has 2 amide bonds. The Kier molecular flexibility index (Phi) is 9.00. The lowest BCUT2D eigenvalue weighted by Gasteiger charge is -2.16. The number of carbonyl (C=O) groups is 2. The van der Waals surface area contributed by atoms with Crippen LogP contribution in [0.25, 0.3) is 6.08 Å². The van der Waals surface area contributed by atoms with Crippen molar-refractivity contribution in [2.24, 2.45) is 0 Å². The molecule has 0 aliphatic carbocycles. The largest absolute Gasteiger partial charge is 0.493 e. The summed E-state index contributed by atoms with van der Waals surface area (Å²) in [6, 6.07) is 18.4. The highest BCUT2D eigenvalue weighted by Crippen LogP contribution is 2.44. The molecule has 0 spiro atoms. The number of nitrogens with zero attached hydrogens (tertiary/aromatic N) is 1. The highest BCUT2D eigenvalue weighted by atomic mass is 79.9. The monoisotopic (exact) mass is 651 g/mol. The van der Waals surface area contributed by atoms with Crippen molar-refractivity contribution in [3.63, 3.8) is 0 Å². The zero-order valence-corrected chi connectivity index (χ0v) is 23.7. The number of ether oxygens (including phenoxy) is 3. The molecule has 0 N–H and O–H groups in total. The van der Waals surface area contributed by atoms with Gasteiger partial charge in [0.15, 0.2) is 11.5 Å². The number of thioether (sulfide) groups is 1. The quantitative estimate of drug-likeness (QED) is 0.222. The first-order valence-corrected chi connectivity index (χ1v) is 13.5. The van der Waals surface area contributed by atoms with Crippen LogP contribution in [0.15, 0.2) is 74.5 Å². The first-order valence-electron chi connectivity index (χ1n) is 10.7. The number of rotatable bonds is 9. The van der Waals surface area contributed by atoms with E-state index in [-0.39, 0.29) is 24.3 Å². The van der Waals surface area contributed by atoms with E-state index in [0.29, 0.717) is 48.3 Å². The average molecular weight is 654 g/mol. The minimum absolute atomic E-state index is 0.130. The summed E-state index contributed by atoms with van der Waals surface area (Å²) in [5, 5.41) is 0.250. The van der Waals surface area contributed by atoms with E-state index in [2.05, 4.69) is 31.9 Å². The van der Waals surface area contributed by atoms with Crippen LogP contribution in [0.4, 0.5) is 4.79 Å². The molecule has 36 heavy (non-hydrogen) atoms. The molecule has 0 saturated carbocycles. The van der Waals surface area contributed by atoms with Gasteiger partial charge in [0.25, 0.3) is 11.1 Å². The van der Waals surface area contributed by atoms with E-state index in [4.69, 9.17) is 25.8 Å². The van der Waals surface area contributed by atoms with Gasteiger partial charge in [0, 0.05) is 9.50 Å². The van der Waals surface area contributed by atoms with Crippen LogP contribution < -0.4 is 14.2 Å². The van der Waals surface area contributed by atoms with E-state index < -0.39 is 0 Å². The molecule has 0 bridgehead atoms. The van der Waals surface area contributed by atoms with Crippen molar-refractivity contribution in [2.75, 3.05) is 20.3 Å². The molecule has 0 unspecified atom stereocenters. The zero-order valence-electron chi connectivity index (χ0n) is 19.0. The van der Waals surface area contributed by atoms with Gasteiger partial charge >= 0.3 is 0 Å². The molecule has 1 aliphatic rings. The second kappa shape index (κ2) is 12.2. The number of amides is 2. The maximum Gasteiger partial charge on any atom is 0.293 e. The molecule has 1 saturated heterocycles. The third-order valence-corrected chi connectivity index (χ3v) is 8.46. The number of halogens is 3. The lowest BCUT2D eigenvalue weighted by Crippen LogP contribution is -2.32. The molecule has 186 valence electrons. The molecule has 4 rings (SSSR count). The van der Waals surface area contributed by atoms with E-state index in [0.717, 1.165) is 17.3 Å². The lowest BCUT2D eigenvalue weighted by molar-refractivity contribution is -0.123. The van der Waals surface area contributed by atoms with Gasteiger partial charge in [-0.05, 0) is 91.2 Å². The first kappa shape index (κ1) is 26.6. The minimum atomic E-state index is -0.379. The molecule has 1 fully saturated rings. The number of carbonyl (C=O) groups excluding carboxylic acids is 2. The summed E-state index contributed by atoms with van der Waals surface area (Å²) in [6.07, 6.45) is 1.66. The van der Waals surface area contributed by atoms with Crippen LogP contribution in [0, 0.1) is 0 Å². The Balaban J connectivity index is 1.48. The van der Waals surface area contributed by atoms with Crippen molar-refractivity contribution in [3.8, 4) is 17.2 Å². The second-order valence-corrected chi connectivity index (χ2v) is 10.6. The van der Waals surface area contributed by atoms with Gasteiger partial charge in [-0.1, -0.05) is 41.9 Å². The molecule has 0 radical (unpaired) electrons. The fourth-order valence-electron chi connectivity index (χ4n) is 3.35. The molecule has 3 aromatic rings. The molecule has 0 aromatic heterocycles. The number of hydrogen-bond acceptors (Lipinski definition) is 6. The predicted molar refractivity (Wildman–Crippen MR) is 149 cm³/mol. The predicted octanol–water partition coefficient (Wildman–Crippen LogP) is 7.57. The van der Waals surface area contributed by atoms with Gasteiger partial charge in [-0.25, -0.2) is 0 Å². The van der Waals surface area contributed by atoms with Crippen molar-refractivity contribution in [2.45, 2.75) is 6.61 Å². The Morgan fingerprint density at radius 1 is 1.00 bits per heavy atom. The van der Waals surface area contributed by atoms with Crippen LogP contribution in [0.2, 0.25) is 5.02 Å². The molecular formula is C26H20Br2ClNO5S. The average Bonchev–Trinajstić information content (AvgIpc) is 3.15. The fourth-order valence-corrected chi connectivity index (χ4v) is 5.27. The normalized spacial score (nSPS) is 14.4. The highest BCUT2D eigenvalue weighted by Gasteiger charge is 2.35. The lowest BCUT2D eigenvalue weighted by atomic mass is 10.1. The molecule has 10 heteroatoms. The third kappa shape index (κ3) is 6.26. The van der Waals surface area contributed by atoms with Gasteiger partial charge in [-0.3, -0.25) is 14.5 Å². The molecule has 6 nitrogen and oxygen atoms in total. The second-order valence-electron chi connectivity index (χ2n) is 7.54. The summed E-state index contributed by atoms with van der Waals surface area (Å²) in [6.45, 7) is 0.660. The van der Waals surface area contributed by atoms with Crippen LogP contribution in [0.1, 0.15) is 11.1 Å². The van der Waals surface area contributed by atoms with Crippen molar-refractivity contribution in [1.29, 1.82) is 0 Å². The van der Waals surface area contributed by atoms with Crippen LogP contribution in [0.5, 0.6) is 17.2 Å². The SMILES string of the molecule is COc1cc(/C=C2\SC(=O)N(CCOc3ccc(Cl)cc3)C2=O)c(Br)c(Br)c1OCc1ccccc1. The molecule has 1 heterocycles. The number of benzene rings is 3. The maximum absolute atomic E-state index is 12.9. The van der Waals surface area contributed by atoms with Gasteiger partial charge in [0.1, 0.15) is 19.0 Å². The van der Waals surface area contributed by atoms with Crippen LogP contribution in [-0.4, -0.2) is 36.3 Å². The van der Waals surface area contributed by atoms with Gasteiger partial charge in [-0.15, -0.1) is 0 Å². The van der Waals surface area contributed by atoms with Gasteiger partial charge in [-0.2, -0.15) is 0 Å². The molecule has 3 aromatic carbocycles. The standard InChI is InChI=1S/C26H20Br2ClNO5S/c1-33-20-13-17(22(27)23(28)24(20)35-15-16-5-3-2-4-6-16)14-21-25(31)30(26(32)36-21)11-12-34-19-9-7-18(29)8-10-19/h2-10,13-14H,11-12,15H2,1H3/b21-14-. The smallest absolute Gasteiger partial charge is 0.293 e. The summed E-state index contributed by atoms with van der Waals surface area (Å²) in [4.78, 5) is 26.9. The highest BCUT2D eigenvalue weighted by molar-refractivity contribution is 9.13. The van der Waals surface area contributed by atoms with Crippen molar-refractivity contribution in [3.05, 3.63) is 90.7 Å². The Labute approximate surface area is 234 Å². The minimum Gasteiger partial charge on any atom is -0.493 e. The van der Waals surface area contributed by atoms with E-state index in [1.807, 2.05) is 30.3 Å². The molecule has 1 aliphatic heterocycles. The van der Waals surface area contributed by atoms with Gasteiger partial charge < -0.3 is 14.2 Å². The van der Waals surface area contributed by atoms with Crippen LogP contribution in [0.3, 0.4) is 0 Å². The summed E-state index contributed by atoms with van der Waals surface area (Å²) >= 11 is 13.9. The molecular weight excluding hydrogens is 634 g/mol. The number of imide groups is 1. The summed E-state index contributed by atoms with van der Waals surface area (Å²) in [7, 11) is 1.55. The van der Waals surface area contributed by atoms with Crippen molar-refractivity contribution >= 4 is 72.4 Å². The van der Waals surface area contributed by atoms with E-state index in [1.165, 1.54) is 4.90 Å². The summed E-state index contributed by atoms with van der Waals surface area (Å²) < 4.78 is 18.5. The van der Waals surface area contributed by atoms with Crippen molar-refractivity contribution < 1.29 is 23.8 Å². The van der Waals surface area contributed by atoms with Crippen LogP contribution in [-0.2, 0) is 11.4 Å². The van der Waals surface area contributed by atoms with E-state index in [9.17, 15) is 9.59 Å². The van der Waals surface area contributed by atoms with E-state index >= 15 is 0 Å². The van der Waals surface area contributed by atoms with Gasteiger partial charge in [0.2, 0.25) is 0 Å². The van der Waals surface area contributed by atoms with E-state index in [1.54, 1.807) is 43.5 Å². The fraction of sp³-hybridized carbons (Fsp3) is 0.154. The Morgan fingerprint density at radius 2 is 1.72 bits per heavy atom.